The molecule has 1 N–H and O–H groups in total. The molecule has 1 radical (unpaired) electrons. The fourth-order valence-corrected chi connectivity index (χ4v) is 0.613. The van der Waals surface area contributed by atoms with E-state index in [9.17, 15) is 0 Å². The Labute approximate surface area is 53.9 Å². The fraction of sp³-hybridized carbons (Fsp3) is 0. The monoisotopic (exact) mass is 123 g/mol. The maximum absolute atomic E-state index is 7.12. The molecule has 0 aromatic heterocycles. The topological polar surface area (TPSA) is 23.8 Å². The van der Waals surface area contributed by atoms with Crippen molar-refractivity contribution in [1.82, 2.24) is 5.73 Å². The Bertz CT molecular complexity index is 165. The lowest BCUT2D eigenvalue weighted by Crippen LogP contribution is -1.72. The molecule has 8 heavy (non-hydrogen) atoms. The van der Waals surface area contributed by atoms with Crippen LogP contribution in [0.25, 0.3) is 0 Å². The third-order valence-corrected chi connectivity index (χ3v) is 1.24. The maximum atomic E-state index is 7.12. The van der Waals surface area contributed by atoms with Crippen LogP contribution in [-0.2, 0) is 12.6 Å². The molecule has 2 heteroatoms. The highest BCUT2D eigenvalue weighted by Crippen LogP contribution is 2.09. The standard InChI is InChI=1S/C6H6NS/c7-5-3-1-2-4-6(5)8/h1-4,7-8H/p-1. The van der Waals surface area contributed by atoms with Gasteiger partial charge >= 0.3 is 0 Å². The second kappa shape index (κ2) is 2.01. The predicted molar refractivity (Wildman–Crippen MR) is 34.8 cm³/mol. The summed E-state index contributed by atoms with van der Waals surface area (Å²) in [4.78, 5) is 0.618. The van der Waals surface area contributed by atoms with E-state index in [1.807, 2.05) is 6.07 Å². The van der Waals surface area contributed by atoms with Crippen LogP contribution in [0.15, 0.2) is 29.2 Å². The SMILES string of the molecule is [NH]c1ccccc1[S-]. The Hall–Kier alpha value is -0.760. The lowest BCUT2D eigenvalue weighted by atomic mass is 10.3. The smallest absolute Gasteiger partial charge is 0.0348 e. The predicted octanol–water partition coefficient (Wildman–Crippen LogP) is 1.51. The van der Waals surface area contributed by atoms with Gasteiger partial charge < -0.3 is 18.4 Å². The van der Waals surface area contributed by atoms with Gasteiger partial charge in [-0.15, -0.1) is 0 Å². The van der Waals surface area contributed by atoms with Crippen LogP contribution in [0.1, 0.15) is 0 Å². The normalized spacial score (nSPS) is 9.00. The number of hydrogen-bond acceptors (Lipinski definition) is 1. The van der Waals surface area contributed by atoms with Crippen LogP contribution in [0.4, 0.5) is 5.69 Å². The van der Waals surface area contributed by atoms with Crippen LogP contribution < -0.4 is 5.73 Å². The van der Waals surface area contributed by atoms with E-state index in [0.29, 0.717) is 10.6 Å². The minimum atomic E-state index is 0.433. The summed E-state index contributed by atoms with van der Waals surface area (Å²) in [6, 6.07) is 7.07. The van der Waals surface area contributed by atoms with Crippen LogP contribution in [-0.4, -0.2) is 0 Å². The molecule has 0 atom stereocenters. The summed E-state index contributed by atoms with van der Waals surface area (Å²) in [5.74, 6) is 0. The quantitative estimate of drug-likeness (QED) is 0.480. The molecule has 41 valence electrons. The van der Waals surface area contributed by atoms with E-state index in [4.69, 9.17) is 18.4 Å². The molecule has 1 nitrogen and oxygen atoms in total. The first-order chi connectivity index (χ1) is 3.80. The summed E-state index contributed by atoms with van der Waals surface area (Å²) in [7, 11) is 0. The fourth-order valence-electron chi connectivity index (χ4n) is 0.467. The van der Waals surface area contributed by atoms with Crippen LogP contribution >= 0.6 is 0 Å². The maximum Gasteiger partial charge on any atom is 0.0348 e. The number of nitrogens with one attached hydrogen (secondary N) is 1. The van der Waals surface area contributed by atoms with Gasteiger partial charge in [-0.2, -0.15) is 4.90 Å². The summed E-state index contributed by atoms with van der Waals surface area (Å²) >= 11 is 4.77. The molecule has 0 bridgehead atoms. The van der Waals surface area contributed by atoms with E-state index in [1.165, 1.54) is 0 Å². The lowest BCUT2D eigenvalue weighted by molar-refractivity contribution is 1.35. The van der Waals surface area contributed by atoms with E-state index >= 15 is 0 Å². The van der Waals surface area contributed by atoms with Gasteiger partial charge in [0.05, 0.1) is 0 Å². The Morgan fingerprint density at radius 3 is 2.25 bits per heavy atom. The Morgan fingerprint density at radius 2 is 1.88 bits per heavy atom. The van der Waals surface area contributed by atoms with Crippen LogP contribution in [0.2, 0.25) is 0 Å². The van der Waals surface area contributed by atoms with Crippen molar-refractivity contribution in [2.75, 3.05) is 0 Å². The molecule has 0 amide bonds. The molecule has 1 rings (SSSR count). The molecule has 0 unspecified atom stereocenters. The number of hydrogen-bond donors (Lipinski definition) is 0. The molecule has 0 aliphatic carbocycles. The highest BCUT2D eigenvalue weighted by Gasteiger charge is 1.78. The van der Waals surface area contributed by atoms with Crippen molar-refractivity contribution < 1.29 is 0 Å². The molecule has 1 aromatic rings. The largest absolute Gasteiger partial charge is 0.778 e. The second-order valence-corrected chi connectivity index (χ2v) is 1.94. The van der Waals surface area contributed by atoms with Gasteiger partial charge in [-0.3, -0.25) is 0 Å². The van der Waals surface area contributed by atoms with Gasteiger partial charge in [0.2, 0.25) is 0 Å². The van der Waals surface area contributed by atoms with Gasteiger partial charge in [-0.1, -0.05) is 18.2 Å². The van der Waals surface area contributed by atoms with Crippen molar-refractivity contribution in [3.05, 3.63) is 24.3 Å². The first-order valence-corrected chi connectivity index (χ1v) is 2.69. The van der Waals surface area contributed by atoms with Crippen molar-refractivity contribution >= 4 is 18.3 Å². The van der Waals surface area contributed by atoms with E-state index in [2.05, 4.69) is 0 Å². The molecule has 0 saturated heterocycles. The van der Waals surface area contributed by atoms with Crippen LogP contribution in [0.3, 0.4) is 0 Å². The Balaban J connectivity index is 3.13. The zero-order valence-electron chi connectivity index (χ0n) is 4.22. The van der Waals surface area contributed by atoms with Crippen molar-refractivity contribution in [3.8, 4) is 0 Å². The molecule has 0 aliphatic rings. The molecular formula is C6H5NS-. The first-order valence-electron chi connectivity index (χ1n) is 2.28. The number of rotatable bonds is 0. The molecule has 0 fully saturated rings. The van der Waals surface area contributed by atoms with Gasteiger partial charge in [0, 0.05) is 5.69 Å². The van der Waals surface area contributed by atoms with E-state index in [-0.39, 0.29) is 0 Å². The zero-order chi connectivity index (χ0) is 5.98. The third kappa shape index (κ3) is 0.898. The Morgan fingerprint density at radius 1 is 1.25 bits per heavy atom. The highest BCUT2D eigenvalue weighted by atomic mass is 32.1. The Kier molecular flexibility index (Phi) is 1.35. The van der Waals surface area contributed by atoms with Crippen LogP contribution in [0.5, 0.6) is 0 Å². The van der Waals surface area contributed by atoms with Gasteiger partial charge in [0.15, 0.2) is 0 Å². The van der Waals surface area contributed by atoms with Crippen molar-refractivity contribution in [3.63, 3.8) is 0 Å². The van der Waals surface area contributed by atoms with Crippen LogP contribution in [0, 0.1) is 0 Å². The summed E-state index contributed by atoms with van der Waals surface area (Å²) < 4.78 is 0. The molecule has 0 heterocycles. The molecular weight excluding hydrogens is 118 g/mol. The zero-order valence-corrected chi connectivity index (χ0v) is 5.03. The summed E-state index contributed by atoms with van der Waals surface area (Å²) in [6.45, 7) is 0. The van der Waals surface area contributed by atoms with E-state index in [1.54, 1.807) is 18.2 Å². The second-order valence-electron chi connectivity index (χ2n) is 1.50. The minimum Gasteiger partial charge on any atom is -0.778 e. The molecule has 0 spiro atoms. The van der Waals surface area contributed by atoms with Crippen molar-refractivity contribution in [2.45, 2.75) is 4.90 Å². The van der Waals surface area contributed by atoms with Gasteiger partial charge in [0.1, 0.15) is 0 Å². The average Bonchev–Trinajstić information content (AvgIpc) is 1.77. The van der Waals surface area contributed by atoms with Gasteiger partial charge in [-0.05, 0) is 6.07 Å². The average molecular weight is 123 g/mol. The first kappa shape index (κ1) is 5.38. The van der Waals surface area contributed by atoms with E-state index < -0.39 is 0 Å². The summed E-state index contributed by atoms with van der Waals surface area (Å²) in [5.41, 5.74) is 7.55. The minimum absolute atomic E-state index is 0.433. The number of benzene rings is 1. The molecule has 0 saturated carbocycles. The molecule has 1 aromatic carbocycles. The summed E-state index contributed by atoms with van der Waals surface area (Å²) in [5, 5.41) is 0. The lowest BCUT2D eigenvalue weighted by Gasteiger charge is -2.05. The summed E-state index contributed by atoms with van der Waals surface area (Å²) in [6.07, 6.45) is 0. The third-order valence-electron chi connectivity index (χ3n) is 0.887. The van der Waals surface area contributed by atoms with Gasteiger partial charge in [-0.25, -0.2) is 0 Å². The van der Waals surface area contributed by atoms with E-state index in [0.717, 1.165) is 0 Å². The highest BCUT2D eigenvalue weighted by molar-refractivity contribution is 7.59. The van der Waals surface area contributed by atoms with Crippen molar-refractivity contribution in [1.29, 1.82) is 0 Å². The van der Waals surface area contributed by atoms with Gasteiger partial charge in [0.25, 0.3) is 0 Å². The molecule has 0 aliphatic heterocycles. The van der Waals surface area contributed by atoms with Crippen molar-refractivity contribution in [2.24, 2.45) is 0 Å².